The Labute approximate surface area is 128 Å². The predicted octanol–water partition coefficient (Wildman–Crippen LogP) is 2.18. The monoisotopic (exact) mass is 305 g/mol. The highest BCUT2D eigenvalue weighted by Gasteiger charge is 2.28. The maximum absolute atomic E-state index is 13.1. The van der Waals surface area contributed by atoms with Crippen LogP contribution in [-0.2, 0) is 16.0 Å². The van der Waals surface area contributed by atoms with E-state index < -0.39 is 0 Å². The van der Waals surface area contributed by atoms with Crippen molar-refractivity contribution in [2.45, 2.75) is 32.3 Å². The third-order valence-electron chi connectivity index (χ3n) is 4.10. The fraction of sp³-hybridized carbons (Fsp3) is 0.500. The first-order valence-electron chi connectivity index (χ1n) is 7.67. The molecule has 3 rings (SSSR count). The number of amides is 1. The lowest BCUT2D eigenvalue weighted by Gasteiger charge is -2.27. The second-order valence-corrected chi connectivity index (χ2v) is 5.71. The van der Waals surface area contributed by atoms with Crippen molar-refractivity contribution in [3.05, 3.63) is 29.8 Å². The van der Waals surface area contributed by atoms with Crippen LogP contribution in [0.1, 0.15) is 25.6 Å². The molecule has 0 spiro atoms. The first kappa shape index (κ1) is 15.0. The van der Waals surface area contributed by atoms with Crippen LogP contribution in [0, 0.1) is 11.7 Å². The number of rotatable bonds is 4. The van der Waals surface area contributed by atoms with Crippen molar-refractivity contribution in [3.8, 4) is 0 Å². The van der Waals surface area contributed by atoms with Crippen LogP contribution in [0.25, 0.3) is 11.0 Å². The van der Waals surface area contributed by atoms with Crippen molar-refractivity contribution < 1.29 is 13.9 Å². The van der Waals surface area contributed by atoms with E-state index in [0.717, 1.165) is 30.8 Å². The highest BCUT2D eigenvalue weighted by Crippen LogP contribution is 2.20. The van der Waals surface area contributed by atoms with Gasteiger partial charge in [0.1, 0.15) is 11.6 Å². The molecular formula is C16H20FN3O2. The number of aromatic amines is 1. The SMILES string of the molecule is CC1OCCCC1C(=O)NCCc1nc2ccc(F)cc2[nH]1. The van der Waals surface area contributed by atoms with E-state index in [0.29, 0.717) is 18.5 Å². The van der Waals surface area contributed by atoms with Crippen LogP contribution in [-0.4, -0.2) is 35.1 Å². The molecule has 5 nitrogen and oxygen atoms in total. The summed E-state index contributed by atoms with van der Waals surface area (Å²) in [7, 11) is 0. The lowest BCUT2D eigenvalue weighted by molar-refractivity contribution is -0.133. The van der Waals surface area contributed by atoms with Gasteiger partial charge >= 0.3 is 0 Å². The zero-order valence-corrected chi connectivity index (χ0v) is 12.6. The van der Waals surface area contributed by atoms with Gasteiger partial charge in [-0.25, -0.2) is 9.37 Å². The minimum atomic E-state index is -0.290. The van der Waals surface area contributed by atoms with E-state index in [2.05, 4.69) is 15.3 Å². The van der Waals surface area contributed by atoms with Gasteiger partial charge in [0.05, 0.1) is 23.1 Å². The van der Waals surface area contributed by atoms with Crippen molar-refractivity contribution in [1.29, 1.82) is 0 Å². The van der Waals surface area contributed by atoms with E-state index in [-0.39, 0.29) is 23.7 Å². The minimum absolute atomic E-state index is 0.0251. The summed E-state index contributed by atoms with van der Waals surface area (Å²) < 4.78 is 18.6. The molecule has 2 aromatic rings. The lowest BCUT2D eigenvalue weighted by atomic mass is 9.94. The van der Waals surface area contributed by atoms with Crippen molar-refractivity contribution in [2.24, 2.45) is 5.92 Å². The lowest BCUT2D eigenvalue weighted by Crippen LogP contribution is -2.40. The first-order chi connectivity index (χ1) is 10.6. The average Bonchev–Trinajstić information content (AvgIpc) is 2.89. The van der Waals surface area contributed by atoms with Gasteiger partial charge in [-0.15, -0.1) is 0 Å². The van der Waals surface area contributed by atoms with Crippen LogP contribution in [0.5, 0.6) is 0 Å². The molecule has 1 saturated heterocycles. The summed E-state index contributed by atoms with van der Waals surface area (Å²) in [6, 6.07) is 4.45. The number of benzene rings is 1. The van der Waals surface area contributed by atoms with Crippen LogP contribution < -0.4 is 5.32 Å². The number of nitrogens with zero attached hydrogens (tertiary/aromatic N) is 1. The van der Waals surface area contributed by atoms with Gasteiger partial charge in [-0.2, -0.15) is 0 Å². The number of carbonyl (C=O) groups excluding carboxylic acids is 1. The van der Waals surface area contributed by atoms with Gasteiger partial charge < -0.3 is 15.0 Å². The molecule has 2 heterocycles. The zero-order chi connectivity index (χ0) is 15.5. The molecule has 2 unspecified atom stereocenters. The Morgan fingerprint density at radius 3 is 3.23 bits per heavy atom. The van der Waals surface area contributed by atoms with Crippen molar-refractivity contribution in [3.63, 3.8) is 0 Å². The molecule has 1 amide bonds. The van der Waals surface area contributed by atoms with Crippen LogP contribution in [0.4, 0.5) is 4.39 Å². The molecule has 22 heavy (non-hydrogen) atoms. The number of imidazole rings is 1. The van der Waals surface area contributed by atoms with Crippen LogP contribution in [0.2, 0.25) is 0 Å². The fourth-order valence-corrected chi connectivity index (χ4v) is 2.86. The number of carbonyl (C=O) groups is 1. The van der Waals surface area contributed by atoms with E-state index in [9.17, 15) is 9.18 Å². The van der Waals surface area contributed by atoms with Crippen LogP contribution in [0.3, 0.4) is 0 Å². The maximum atomic E-state index is 13.1. The summed E-state index contributed by atoms with van der Waals surface area (Å²) in [6.45, 7) is 3.18. The third kappa shape index (κ3) is 3.27. The quantitative estimate of drug-likeness (QED) is 0.910. The Kier molecular flexibility index (Phi) is 4.38. The number of halogens is 1. The van der Waals surface area contributed by atoms with Crippen molar-refractivity contribution >= 4 is 16.9 Å². The Morgan fingerprint density at radius 2 is 2.41 bits per heavy atom. The smallest absolute Gasteiger partial charge is 0.225 e. The Morgan fingerprint density at radius 1 is 1.55 bits per heavy atom. The molecule has 1 fully saturated rings. The summed E-state index contributed by atoms with van der Waals surface area (Å²) in [5.41, 5.74) is 1.41. The van der Waals surface area contributed by atoms with E-state index >= 15 is 0 Å². The van der Waals surface area contributed by atoms with E-state index in [1.807, 2.05) is 6.92 Å². The highest BCUT2D eigenvalue weighted by atomic mass is 19.1. The number of hydrogen-bond donors (Lipinski definition) is 2. The Hall–Kier alpha value is -1.95. The van der Waals surface area contributed by atoms with E-state index in [4.69, 9.17) is 4.74 Å². The predicted molar refractivity (Wildman–Crippen MR) is 80.9 cm³/mol. The van der Waals surface area contributed by atoms with Gasteiger partial charge in [0.15, 0.2) is 0 Å². The summed E-state index contributed by atoms with van der Waals surface area (Å²) >= 11 is 0. The molecule has 2 N–H and O–H groups in total. The summed E-state index contributed by atoms with van der Waals surface area (Å²) in [4.78, 5) is 19.6. The fourth-order valence-electron chi connectivity index (χ4n) is 2.86. The molecule has 2 atom stereocenters. The molecule has 0 aliphatic carbocycles. The van der Waals surface area contributed by atoms with E-state index in [1.165, 1.54) is 12.1 Å². The van der Waals surface area contributed by atoms with Gasteiger partial charge in [-0.05, 0) is 38.0 Å². The maximum Gasteiger partial charge on any atom is 0.225 e. The number of aromatic nitrogens is 2. The molecule has 6 heteroatoms. The molecule has 0 saturated carbocycles. The number of ether oxygens (including phenoxy) is 1. The second-order valence-electron chi connectivity index (χ2n) is 5.71. The molecule has 1 aromatic heterocycles. The van der Waals surface area contributed by atoms with Gasteiger partial charge in [0.25, 0.3) is 0 Å². The molecule has 118 valence electrons. The van der Waals surface area contributed by atoms with Gasteiger partial charge in [0.2, 0.25) is 5.91 Å². The standard InChI is InChI=1S/C16H20FN3O2/c1-10-12(3-2-8-22-10)16(21)18-7-6-15-19-13-5-4-11(17)9-14(13)20-15/h4-5,9-10,12H,2-3,6-8H2,1H3,(H,18,21)(H,19,20). The zero-order valence-electron chi connectivity index (χ0n) is 12.6. The summed E-state index contributed by atoms with van der Waals surface area (Å²) in [5, 5.41) is 2.93. The van der Waals surface area contributed by atoms with Gasteiger partial charge in [0, 0.05) is 19.6 Å². The summed E-state index contributed by atoms with van der Waals surface area (Å²) in [5.74, 6) is 0.420. The molecule has 0 radical (unpaired) electrons. The first-order valence-corrected chi connectivity index (χ1v) is 7.67. The number of nitrogens with one attached hydrogen (secondary N) is 2. The molecule has 0 bridgehead atoms. The van der Waals surface area contributed by atoms with Crippen molar-refractivity contribution in [2.75, 3.05) is 13.2 Å². The largest absolute Gasteiger partial charge is 0.378 e. The Bertz CT molecular complexity index is 670. The molecular weight excluding hydrogens is 285 g/mol. The van der Waals surface area contributed by atoms with Crippen LogP contribution in [0.15, 0.2) is 18.2 Å². The topological polar surface area (TPSA) is 67.0 Å². The number of hydrogen-bond acceptors (Lipinski definition) is 3. The normalized spacial score (nSPS) is 21.9. The average molecular weight is 305 g/mol. The van der Waals surface area contributed by atoms with Crippen molar-refractivity contribution in [1.82, 2.24) is 15.3 Å². The van der Waals surface area contributed by atoms with E-state index in [1.54, 1.807) is 6.07 Å². The Balaban J connectivity index is 1.54. The second kappa shape index (κ2) is 6.44. The third-order valence-corrected chi connectivity index (χ3v) is 4.10. The number of fused-ring (bicyclic) bond motifs is 1. The van der Waals surface area contributed by atoms with Gasteiger partial charge in [-0.3, -0.25) is 4.79 Å². The number of H-pyrrole nitrogens is 1. The molecule has 1 aliphatic heterocycles. The van der Waals surface area contributed by atoms with Gasteiger partial charge in [-0.1, -0.05) is 0 Å². The van der Waals surface area contributed by atoms with Crippen LogP contribution >= 0.6 is 0 Å². The molecule has 1 aliphatic rings. The highest BCUT2D eigenvalue weighted by molar-refractivity contribution is 5.79. The molecule has 1 aromatic carbocycles. The summed E-state index contributed by atoms with van der Waals surface area (Å²) in [6.07, 6.45) is 2.36. The minimum Gasteiger partial charge on any atom is -0.378 e.